The van der Waals surface area contributed by atoms with Gasteiger partial charge in [-0.25, -0.2) is 12.8 Å². The van der Waals surface area contributed by atoms with Crippen LogP contribution in [0.3, 0.4) is 0 Å². The number of sulfonamides is 1. The zero-order valence-corrected chi connectivity index (χ0v) is 20.5. The fraction of sp³-hybridized carbons (Fsp3) is 0.296. The van der Waals surface area contributed by atoms with Crippen molar-refractivity contribution in [2.75, 3.05) is 26.7 Å². The Kier molecular flexibility index (Phi) is 7.83. The lowest BCUT2D eigenvalue weighted by Crippen LogP contribution is -2.46. The number of carbonyl (C=O) groups excluding carboxylic acids is 1. The van der Waals surface area contributed by atoms with Gasteiger partial charge in [-0.2, -0.15) is 4.31 Å². The summed E-state index contributed by atoms with van der Waals surface area (Å²) < 4.78 is 49.6. The summed E-state index contributed by atoms with van der Waals surface area (Å²) in [5.41, 5.74) is 1.36. The van der Waals surface area contributed by atoms with Gasteiger partial charge in [0.15, 0.2) is 0 Å². The van der Waals surface area contributed by atoms with Crippen molar-refractivity contribution in [3.8, 4) is 5.75 Å². The number of fused-ring (bicyclic) bond motifs is 1. The maximum atomic E-state index is 14.7. The van der Waals surface area contributed by atoms with E-state index in [4.69, 9.17) is 4.74 Å². The highest BCUT2D eigenvalue weighted by Gasteiger charge is 2.34. The highest BCUT2D eigenvalue weighted by molar-refractivity contribution is 7.89. The van der Waals surface area contributed by atoms with Crippen molar-refractivity contribution in [3.05, 3.63) is 95.8 Å². The third kappa shape index (κ3) is 5.71. The maximum absolute atomic E-state index is 14.7. The molecule has 1 amide bonds. The second kappa shape index (κ2) is 11.0. The molecule has 1 aliphatic rings. The molecule has 0 fully saturated rings. The van der Waals surface area contributed by atoms with E-state index in [1.54, 1.807) is 36.2 Å². The molecule has 0 radical (unpaired) electrons. The zero-order valence-electron chi connectivity index (χ0n) is 19.6. The van der Waals surface area contributed by atoms with Crippen LogP contribution in [-0.2, 0) is 16.4 Å². The molecule has 0 unspecified atom stereocenters. The van der Waals surface area contributed by atoms with Crippen molar-refractivity contribution in [3.63, 3.8) is 0 Å². The number of hydrogen-bond acceptors (Lipinski definition) is 4. The topological polar surface area (TPSA) is 66.9 Å². The first-order valence-electron chi connectivity index (χ1n) is 11.7. The Bertz CT molecular complexity index is 1270. The molecule has 8 heteroatoms. The average Bonchev–Trinajstić information content (AvgIpc) is 2.86. The van der Waals surface area contributed by atoms with Gasteiger partial charge in [0.1, 0.15) is 23.1 Å². The molecule has 1 heterocycles. The molecule has 0 spiro atoms. The highest BCUT2D eigenvalue weighted by atomic mass is 32.2. The van der Waals surface area contributed by atoms with Gasteiger partial charge < -0.3 is 9.64 Å². The van der Waals surface area contributed by atoms with Gasteiger partial charge >= 0.3 is 0 Å². The van der Waals surface area contributed by atoms with Crippen molar-refractivity contribution >= 4 is 15.9 Å². The molecule has 6 nitrogen and oxygen atoms in total. The van der Waals surface area contributed by atoms with Crippen LogP contribution in [0.5, 0.6) is 5.75 Å². The van der Waals surface area contributed by atoms with Gasteiger partial charge in [-0.3, -0.25) is 4.79 Å². The monoisotopic (exact) mass is 496 g/mol. The molecule has 0 bridgehead atoms. The third-order valence-corrected chi connectivity index (χ3v) is 8.15. The van der Waals surface area contributed by atoms with Crippen molar-refractivity contribution in [1.82, 2.24) is 9.21 Å². The Morgan fingerprint density at radius 3 is 2.34 bits per heavy atom. The largest absolute Gasteiger partial charge is 0.491 e. The van der Waals surface area contributed by atoms with E-state index in [1.807, 2.05) is 30.3 Å². The lowest BCUT2D eigenvalue weighted by molar-refractivity contribution is 0.0781. The molecular weight excluding hydrogens is 467 g/mol. The highest BCUT2D eigenvalue weighted by Crippen LogP contribution is 2.26. The van der Waals surface area contributed by atoms with E-state index < -0.39 is 21.9 Å². The van der Waals surface area contributed by atoms with E-state index in [0.29, 0.717) is 37.1 Å². The second-order valence-corrected chi connectivity index (χ2v) is 10.5. The number of ether oxygens (including phenoxy) is 1. The molecule has 0 aliphatic carbocycles. The van der Waals surface area contributed by atoms with Crippen molar-refractivity contribution in [2.45, 2.75) is 30.2 Å². The average molecular weight is 497 g/mol. The predicted octanol–water partition coefficient (Wildman–Crippen LogP) is 4.37. The lowest BCUT2D eigenvalue weighted by Gasteiger charge is -2.32. The zero-order chi connectivity index (χ0) is 24.8. The summed E-state index contributed by atoms with van der Waals surface area (Å²) in [5.74, 6) is -0.531. The standard InChI is InChI=1S/C27H29FN2O4S/c1-29-17-9-10-18-30(35(32,33)26-16-8-6-14-24(26)28)22(19-21-11-3-2-4-12-21)20-34-25-15-7-5-13-23(25)27(29)31/h2-8,11-16,22H,9-10,17-20H2,1H3/t22-/m1/s1. The van der Waals surface area contributed by atoms with Crippen LogP contribution >= 0.6 is 0 Å². The number of amides is 1. The molecular formula is C27H29FN2O4S. The summed E-state index contributed by atoms with van der Waals surface area (Å²) in [6, 6.07) is 21.3. The van der Waals surface area contributed by atoms with E-state index in [0.717, 1.165) is 11.6 Å². The van der Waals surface area contributed by atoms with Gasteiger partial charge in [0.05, 0.1) is 11.6 Å². The molecule has 3 aromatic carbocycles. The smallest absolute Gasteiger partial charge is 0.257 e. The molecule has 0 saturated carbocycles. The predicted molar refractivity (Wildman–Crippen MR) is 132 cm³/mol. The first kappa shape index (κ1) is 24.9. The van der Waals surface area contributed by atoms with Crippen LogP contribution in [-0.4, -0.2) is 56.3 Å². The van der Waals surface area contributed by atoms with E-state index >= 15 is 0 Å². The Hall–Kier alpha value is -3.23. The van der Waals surface area contributed by atoms with Crippen LogP contribution in [0.2, 0.25) is 0 Å². The lowest BCUT2D eigenvalue weighted by atomic mass is 10.1. The number of benzene rings is 3. The fourth-order valence-corrected chi connectivity index (χ4v) is 6.00. The minimum atomic E-state index is -4.15. The first-order valence-corrected chi connectivity index (χ1v) is 13.1. The maximum Gasteiger partial charge on any atom is 0.257 e. The number of hydrogen-bond donors (Lipinski definition) is 0. The van der Waals surface area contributed by atoms with E-state index in [-0.39, 0.29) is 24.0 Å². The van der Waals surface area contributed by atoms with Gasteiger partial charge in [0.2, 0.25) is 10.0 Å². The molecule has 0 N–H and O–H groups in total. The van der Waals surface area contributed by atoms with Crippen molar-refractivity contribution in [1.29, 1.82) is 0 Å². The van der Waals surface area contributed by atoms with E-state index in [1.165, 1.54) is 22.5 Å². The Morgan fingerprint density at radius 2 is 1.57 bits per heavy atom. The van der Waals surface area contributed by atoms with Crippen LogP contribution in [0.25, 0.3) is 0 Å². The van der Waals surface area contributed by atoms with Crippen molar-refractivity contribution in [2.24, 2.45) is 0 Å². The van der Waals surface area contributed by atoms with Gasteiger partial charge in [-0.05, 0) is 49.1 Å². The summed E-state index contributed by atoms with van der Waals surface area (Å²) in [4.78, 5) is 14.2. The van der Waals surface area contributed by atoms with Crippen LogP contribution < -0.4 is 4.74 Å². The van der Waals surface area contributed by atoms with Crippen LogP contribution in [0.1, 0.15) is 28.8 Å². The summed E-state index contributed by atoms with van der Waals surface area (Å²) in [7, 11) is -2.44. The van der Waals surface area contributed by atoms with E-state index in [9.17, 15) is 17.6 Å². The van der Waals surface area contributed by atoms with Crippen molar-refractivity contribution < 1.29 is 22.3 Å². The summed E-state index contributed by atoms with van der Waals surface area (Å²) in [5, 5.41) is 0. The Balaban J connectivity index is 1.76. The molecule has 184 valence electrons. The molecule has 1 atom stereocenters. The number of para-hydroxylation sites is 1. The second-order valence-electron chi connectivity index (χ2n) is 8.63. The van der Waals surface area contributed by atoms with Gasteiger partial charge in [-0.1, -0.05) is 54.6 Å². The van der Waals surface area contributed by atoms with E-state index in [2.05, 4.69) is 0 Å². The van der Waals surface area contributed by atoms with Gasteiger partial charge in [-0.15, -0.1) is 0 Å². The number of rotatable bonds is 4. The summed E-state index contributed by atoms with van der Waals surface area (Å²) >= 11 is 0. The van der Waals surface area contributed by atoms with Crippen LogP contribution in [0.4, 0.5) is 4.39 Å². The minimum absolute atomic E-state index is 0.0105. The van der Waals surface area contributed by atoms with Gasteiger partial charge in [0.25, 0.3) is 5.91 Å². The quantitative estimate of drug-likeness (QED) is 0.538. The fourth-order valence-electron chi connectivity index (χ4n) is 4.29. The Labute approximate surface area is 206 Å². The minimum Gasteiger partial charge on any atom is -0.491 e. The molecule has 1 aliphatic heterocycles. The van der Waals surface area contributed by atoms with Crippen LogP contribution in [0.15, 0.2) is 83.8 Å². The molecule has 0 saturated heterocycles. The number of halogens is 1. The molecule has 4 rings (SSSR count). The molecule has 0 aromatic heterocycles. The van der Waals surface area contributed by atoms with Gasteiger partial charge in [0, 0.05) is 20.1 Å². The summed E-state index contributed by atoms with van der Waals surface area (Å²) in [6.45, 7) is 0.655. The Morgan fingerprint density at radius 1 is 0.914 bits per heavy atom. The molecule has 35 heavy (non-hydrogen) atoms. The number of carbonyl (C=O) groups is 1. The summed E-state index contributed by atoms with van der Waals surface area (Å²) in [6.07, 6.45) is 1.50. The number of nitrogens with zero attached hydrogens (tertiary/aromatic N) is 2. The first-order chi connectivity index (χ1) is 16.9. The normalized spacial score (nSPS) is 18.2. The molecule has 3 aromatic rings. The SMILES string of the molecule is CN1CCCCN(S(=O)(=O)c2ccccc2F)[C@H](Cc2ccccc2)COc2ccccc2C1=O. The third-order valence-electron chi connectivity index (χ3n) is 6.16. The van der Waals surface area contributed by atoms with Crippen LogP contribution in [0, 0.1) is 5.82 Å².